The minimum Gasteiger partial charge on any atom is -0.179 e. The van der Waals surface area contributed by atoms with Crippen LogP contribution in [0.4, 0.5) is 0 Å². The molecule has 0 radical (unpaired) electrons. The quantitative estimate of drug-likeness (QED) is 0.732. The van der Waals surface area contributed by atoms with Crippen molar-refractivity contribution in [2.24, 2.45) is 0 Å². The molecule has 2 rings (SSSR count). The van der Waals surface area contributed by atoms with Gasteiger partial charge in [0.25, 0.3) is 0 Å². The molecule has 0 aliphatic heterocycles. The van der Waals surface area contributed by atoms with Gasteiger partial charge in [-0.25, -0.2) is 0 Å². The highest BCUT2D eigenvalue weighted by Crippen LogP contribution is 2.28. The Morgan fingerprint density at radius 2 is 1.24 bits per heavy atom. The van der Waals surface area contributed by atoms with E-state index in [-0.39, 0.29) is 0 Å². The smallest absolute Gasteiger partial charge is 0.00896 e. The molecule has 2 aromatic rings. The van der Waals surface area contributed by atoms with Crippen molar-refractivity contribution in [3.8, 4) is 0 Å². The molecule has 1 heteroatoms. The van der Waals surface area contributed by atoms with Crippen molar-refractivity contribution in [1.82, 2.24) is 0 Å². The van der Waals surface area contributed by atoms with E-state index in [9.17, 15) is 0 Å². The Kier molecular flexibility index (Phi) is 4.69. The van der Waals surface area contributed by atoms with Gasteiger partial charge in [-0.1, -0.05) is 60.7 Å². The normalized spacial score (nSPS) is 10.7. The van der Waals surface area contributed by atoms with Crippen LogP contribution in [0.3, 0.4) is 0 Å². The van der Waals surface area contributed by atoms with E-state index in [2.05, 4.69) is 73.3 Å². The molecule has 17 heavy (non-hydrogen) atoms. The summed E-state index contributed by atoms with van der Waals surface area (Å²) in [5.74, 6) is 1.46. The lowest BCUT2D eigenvalue weighted by Crippen LogP contribution is -2.01. The number of thiol groups is 1. The zero-order valence-corrected chi connectivity index (χ0v) is 10.8. The average molecular weight is 242 g/mol. The van der Waals surface area contributed by atoms with Crippen LogP contribution in [0.2, 0.25) is 0 Å². The maximum atomic E-state index is 4.32. The van der Waals surface area contributed by atoms with E-state index in [1.807, 2.05) is 0 Å². The van der Waals surface area contributed by atoms with Gasteiger partial charge in [0.15, 0.2) is 0 Å². The molecule has 0 saturated heterocycles. The molecule has 0 fully saturated rings. The zero-order chi connectivity index (χ0) is 11.9. The first-order valence-electron chi connectivity index (χ1n) is 6.12. The van der Waals surface area contributed by atoms with E-state index < -0.39 is 0 Å². The van der Waals surface area contributed by atoms with Crippen molar-refractivity contribution in [2.75, 3.05) is 5.75 Å². The lowest BCUT2D eigenvalue weighted by molar-refractivity contribution is 0.704. The van der Waals surface area contributed by atoms with Gasteiger partial charge in [0.05, 0.1) is 0 Å². The summed E-state index contributed by atoms with van der Waals surface area (Å²) >= 11 is 4.32. The van der Waals surface area contributed by atoms with Gasteiger partial charge in [-0.05, 0) is 29.7 Å². The monoisotopic (exact) mass is 242 g/mol. The minimum absolute atomic E-state index is 0.504. The Labute approximate surface area is 109 Å². The molecule has 2 aromatic carbocycles. The maximum absolute atomic E-state index is 4.32. The Morgan fingerprint density at radius 1 is 0.765 bits per heavy atom. The lowest BCUT2D eigenvalue weighted by atomic mass is 9.88. The molecule has 0 atom stereocenters. The van der Waals surface area contributed by atoms with Crippen molar-refractivity contribution < 1.29 is 0 Å². The highest BCUT2D eigenvalue weighted by atomic mass is 32.1. The van der Waals surface area contributed by atoms with E-state index in [0.29, 0.717) is 5.92 Å². The largest absolute Gasteiger partial charge is 0.179 e. The van der Waals surface area contributed by atoms with Gasteiger partial charge in [0, 0.05) is 5.92 Å². The third kappa shape index (κ3) is 3.37. The summed E-state index contributed by atoms with van der Waals surface area (Å²) in [6.45, 7) is 0. The molecule has 0 unspecified atom stereocenters. The van der Waals surface area contributed by atoms with Crippen LogP contribution in [0.5, 0.6) is 0 Å². The van der Waals surface area contributed by atoms with E-state index >= 15 is 0 Å². The first-order chi connectivity index (χ1) is 8.42. The van der Waals surface area contributed by atoms with E-state index in [1.165, 1.54) is 11.1 Å². The molecule has 88 valence electrons. The molecule has 0 aromatic heterocycles. The molecule has 0 saturated carbocycles. The first kappa shape index (κ1) is 12.3. The average Bonchev–Trinajstić information content (AvgIpc) is 2.42. The summed E-state index contributed by atoms with van der Waals surface area (Å²) in [7, 11) is 0. The van der Waals surface area contributed by atoms with Gasteiger partial charge in [0.1, 0.15) is 0 Å². The summed E-state index contributed by atoms with van der Waals surface area (Å²) in [4.78, 5) is 0. The number of hydrogen-bond donors (Lipinski definition) is 1. The molecule has 0 nitrogen and oxygen atoms in total. The van der Waals surface area contributed by atoms with Crippen molar-refractivity contribution >= 4 is 12.6 Å². The topological polar surface area (TPSA) is 0 Å². The third-order valence-corrected chi connectivity index (χ3v) is 3.37. The van der Waals surface area contributed by atoms with E-state index in [1.54, 1.807) is 0 Å². The second-order valence-electron chi connectivity index (χ2n) is 4.24. The van der Waals surface area contributed by atoms with Gasteiger partial charge in [-0.15, -0.1) is 0 Å². The number of hydrogen-bond acceptors (Lipinski definition) is 1. The summed E-state index contributed by atoms with van der Waals surface area (Å²) in [6.07, 6.45) is 2.31. The number of rotatable bonds is 5. The van der Waals surface area contributed by atoms with Gasteiger partial charge in [0.2, 0.25) is 0 Å². The molecule has 0 spiro atoms. The predicted octanol–water partition coefficient (Wildman–Crippen LogP) is 4.53. The SMILES string of the molecule is SCCCC(c1ccccc1)c1ccccc1. The molecular formula is C16H18S. The predicted molar refractivity (Wildman–Crippen MR) is 77.8 cm³/mol. The molecular weight excluding hydrogens is 224 g/mol. The van der Waals surface area contributed by atoms with Crippen LogP contribution >= 0.6 is 12.6 Å². The van der Waals surface area contributed by atoms with Gasteiger partial charge < -0.3 is 0 Å². The van der Waals surface area contributed by atoms with E-state index in [4.69, 9.17) is 0 Å². The molecule has 0 bridgehead atoms. The summed E-state index contributed by atoms with van der Waals surface area (Å²) in [5.41, 5.74) is 2.81. The fourth-order valence-corrected chi connectivity index (χ4v) is 2.37. The zero-order valence-electron chi connectivity index (χ0n) is 9.92. The third-order valence-electron chi connectivity index (χ3n) is 3.05. The van der Waals surface area contributed by atoms with Crippen molar-refractivity contribution in [3.63, 3.8) is 0 Å². The maximum Gasteiger partial charge on any atom is 0.00896 e. The Balaban J connectivity index is 2.26. The fraction of sp³-hybridized carbons (Fsp3) is 0.250. The Bertz CT molecular complexity index is 382. The summed E-state index contributed by atoms with van der Waals surface area (Å²) in [5, 5.41) is 0. The molecule has 0 amide bonds. The second-order valence-corrected chi connectivity index (χ2v) is 4.69. The molecule has 0 aliphatic rings. The van der Waals surface area contributed by atoms with Crippen LogP contribution in [-0.2, 0) is 0 Å². The summed E-state index contributed by atoms with van der Waals surface area (Å²) < 4.78 is 0. The highest BCUT2D eigenvalue weighted by molar-refractivity contribution is 7.80. The van der Waals surface area contributed by atoms with Crippen molar-refractivity contribution in [2.45, 2.75) is 18.8 Å². The van der Waals surface area contributed by atoms with Crippen LogP contribution in [0.15, 0.2) is 60.7 Å². The second kappa shape index (κ2) is 6.51. The Hall–Kier alpha value is -1.21. The number of benzene rings is 2. The minimum atomic E-state index is 0.504. The van der Waals surface area contributed by atoms with Crippen LogP contribution in [0, 0.1) is 0 Å². The first-order valence-corrected chi connectivity index (χ1v) is 6.76. The van der Waals surface area contributed by atoms with Crippen molar-refractivity contribution in [1.29, 1.82) is 0 Å². The van der Waals surface area contributed by atoms with Gasteiger partial charge in [-0.2, -0.15) is 12.6 Å². The standard InChI is InChI=1S/C16H18S/c17-13-7-12-16(14-8-3-1-4-9-14)15-10-5-2-6-11-15/h1-6,8-11,16-17H,7,12-13H2. The van der Waals surface area contributed by atoms with Gasteiger partial charge in [-0.3, -0.25) is 0 Å². The summed E-state index contributed by atoms with van der Waals surface area (Å²) in [6, 6.07) is 21.5. The Morgan fingerprint density at radius 3 is 1.65 bits per heavy atom. The van der Waals surface area contributed by atoms with Crippen LogP contribution in [-0.4, -0.2) is 5.75 Å². The van der Waals surface area contributed by atoms with Crippen molar-refractivity contribution in [3.05, 3.63) is 71.8 Å². The van der Waals surface area contributed by atoms with Crippen LogP contribution < -0.4 is 0 Å². The molecule has 0 heterocycles. The molecule has 0 N–H and O–H groups in total. The molecule has 0 aliphatic carbocycles. The lowest BCUT2D eigenvalue weighted by Gasteiger charge is -2.17. The van der Waals surface area contributed by atoms with Crippen LogP contribution in [0.25, 0.3) is 0 Å². The fourth-order valence-electron chi connectivity index (χ4n) is 2.19. The highest BCUT2D eigenvalue weighted by Gasteiger charge is 2.12. The van der Waals surface area contributed by atoms with E-state index in [0.717, 1.165) is 18.6 Å². The van der Waals surface area contributed by atoms with Gasteiger partial charge >= 0.3 is 0 Å². The van der Waals surface area contributed by atoms with Crippen LogP contribution in [0.1, 0.15) is 29.9 Å².